The first-order valence-electron chi connectivity index (χ1n) is 5.51. The molecule has 1 aromatic heterocycles. The number of rotatable bonds is 4. The molecule has 1 heterocycles. The van der Waals surface area contributed by atoms with Crippen molar-refractivity contribution in [1.29, 1.82) is 0 Å². The Hall–Kier alpha value is -1.55. The molecule has 1 atom stereocenters. The topological polar surface area (TPSA) is 24.9 Å². The summed E-state index contributed by atoms with van der Waals surface area (Å²) in [6, 6.07) is 10.5. The van der Waals surface area contributed by atoms with Crippen molar-refractivity contribution in [2.75, 3.05) is 7.05 Å². The van der Waals surface area contributed by atoms with E-state index in [0.717, 1.165) is 10.9 Å². The van der Waals surface area contributed by atoms with Crippen molar-refractivity contribution in [2.45, 2.75) is 18.9 Å². The number of aromatic nitrogens is 1. The van der Waals surface area contributed by atoms with Crippen LogP contribution < -0.4 is 5.32 Å². The third-order valence-electron chi connectivity index (χ3n) is 2.76. The van der Waals surface area contributed by atoms with Gasteiger partial charge in [0.25, 0.3) is 6.43 Å². The minimum atomic E-state index is -2.38. The molecule has 0 radical (unpaired) electrons. The molecule has 2 aromatic rings. The normalized spacial score (nSPS) is 13.2. The van der Waals surface area contributed by atoms with Gasteiger partial charge < -0.3 is 5.32 Å². The molecule has 17 heavy (non-hydrogen) atoms. The molecule has 1 aromatic carbocycles. The number of nitrogens with zero attached hydrogens (tertiary/aromatic N) is 1. The highest BCUT2D eigenvalue weighted by molar-refractivity contribution is 5.78. The van der Waals surface area contributed by atoms with Crippen LogP contribution in [0.2, 0.25) is 0 Å². The van der Waals surface area contributed by atoms with Gasteiger partial charge in [0.1, 0.15) is 0 Å². The van der Waals surface area contributed by atoms with Gasteiger partial charge >= 0.3 is 0 Å². The SMILES string of the molecule is CNC(Cc1ccc2ccccc2n1)C(F)F. The monoisotopic (exact) mass is 236 g/mol. The van der Waals surface area contributed by atoms with E-state index in [1.54, 1.807) is 6.07 Å². The van der Waals surface area contributed by atoms with Crippen LogP contribution >= 0.6 is 0 Å². The second-order valence-electron chi connectivity index (χ2n) is 3.93. The Labute approximate surface area is 98.7 Å². The standard InChI is InChI=1S/C13H14F2N2/c1-16-12(13(14)15)8-10-7-6-9-4-2-3-5-11(9)17-10/h2-7,12-13,16H,8H2,1H3. The number of fused-ring (bicyclic) bond motifs is 1. The largest absolute Gasteiger partial charge is 0.312 e. The summed E-state index contributed by atoms with van der Waals surface area (Å²) in [5, 5.41) is 3.63. The number of hydrogen-bond acceptors (Lipinski definition) is 2. The molecule has 90 valence electrons. The zero-order chi connectivity index (χ0) is 12.3. The second-order valence-corrected chi connectivity index (χ2v) is 3.93. The maximum absolute atomic E-state index is 12.6. The number of para-hydroxylation sites is 1. The van der Waals surface area contributed by atoms with E-state index in [1.165, 1.54) is 7.05 Å². The van der Waals surface area contributed by atoms with Crippen LogP contribution in [0.15, 0.2) is 36.4 Å². The summed E-state index contributed by atoms with van der Waals surface area (Å²) in [7, 11) is 1.54. The maximum Gasteiger partial charge on any atom is 0.254 e. The summed E-state index contributed by atoms with van der Waals surface area (Å²) in [4.78, 5) is 4.37. The fourth-order valence-electron chi connectivity index (χ4n) is 1.76. The predicted molar refractivity (Wildman–Crippen MR) is 64.3 cm³/mol. The van der Waals surface area contributed by atoms with Crippen molar-refractivity contribution in [3.05, 3.63) is 42.1 Å². The van der Waals surface area contributed by atoms with Gasteiger partial charge in [-0.1, -0.05) is 24.3 Å². The summed E-state index contributed by atoms with van der Waals surface area (Å²) in [5.41, 5.74) is 1.53. The summed E-state index contributed by atoms with van der Waals surface area (Å²) < 4.78 is 25.2. The highest BCUT2D eigenvalue weighted by atomic mass is 19.3. The molecule has 0 saturated heterocycles. The Kier molecular flexibility index (Phi) is 3.64. The second kappa shape index (κ2) is 5.19. The van der Waals surface area contributed by atoms with Gasteiger partial charge in [-0.05, 0) is 19.2 Å². The van der Waals surface area contributed by atoms with Crippen molar-refractivity contribution < 1.29 is 8.78 Å². The first kappa shape index (κ1) is 11.9. The minimum absolute atomic E-state index is 0.235. The summed E-state index contributed by atoms with van der Waals surface area (Å²) >= 11 is 0. The van der Waals surface area contributed by atoms with Gasteiger partial charge in [0, 0.05) is 17.5 Å². The van der Waals surface area contributed by atoms with E-state index in [9.17, 15) is 8.78 Å². The van der Waals surface area contributed by atoms with Crippen LogP contribution in [0.4, 0.5) is 8.78 Å². The minimum Gasteiger partial charge on any atom is -0.312 e. The van der Waals surface area contributed by atoms with Crippen molar-refractivity contribution in [3.63, 3.8) is 0 Å². The van der Waals surface area contributed by atoms with Gasteiger partial charge in [-0.15, -0.1) is 0 Å². The lowest BCUT2D eigenvalue weighted by molar-refractivity contribution is 0.102. The molecule has 2 rings (SSSR count). The van der Waals surface area contributed by atoms with Crippen LogP contribution in [0.1, 0.15) is 5.69 Å². The van der Waals surface area contributed by atoms with Crippen molar-refractivity contribution in [2.24, 2.45) is 0 Å². The predicted octanol–water partition coefficient (Wildman–Crippen LogP) is 2.63. The number of likely N-dealkylation sites (N-methyl/N-ethyl adjacent to an activating group) is 1. The van der Waals surface area contributed by atoms with Crippen LogP contribution in [0.3, 0.4) is 0 Å². The lowest BCUT2D eigenvalue weighted by Crippen LogP contribution is -2.34. The van der Waals surface area contributed by atoms with E-state index in [2.05, 4.69) is 10.3 Å². The molecular formula is C13H14F2N2. The zero-order valence-electron chi connectivity index (χ0n) is 9.53. The van der Waals surface area contributed by atoms with E-state index in [1.807, 2.05) is 30.3 Å². The smallest absolute Gasteiger partial charge is 0.254 e. The van der Waals surface area contributed by atoms with Gasteiger partial charge in [0.2, 0.25) is 0 Å². The Morgan fingerprint density at radius 2 is 1.94 bits per heavy atom. The fraction of sp³-hybridized carbons (Fsp3) is 0.308. The van der Waals surface area contributed by atoms with E-state index in [-0.39, 0.29) is 6.42 Å². The first-order chi connectivity index (χ1) is 8.20. The number of alkyl halides is 2. The molecule has 0 amide bonds. The molecule has 1 unspecified atom stereocenters. The Morgan fingerprint density at radius 3 is 2.65 bits per heavy atom. The van der Waals surface area contributed by atoms with E-state index < -0.39 is 12.5 Å². The molecule has 0 aliphatic heterocycles. The van der Waals surface area contributed by atoms with Gasteiger partial charge in [0.15, 0.2) is 0 Å². The van der Waals surface area contributed by atoms with Crippen LogP contribution in [-0.2, 0) is 6.42 Å². The number of pyridine rings is 1. The molecule has 0 aliphatic carbocycles. The summed E-state index contributed by atoms with van der Waals surface area (Å²) in [6.45, 7) is 0. The van der Waals surface area contributed by atoms with Crippen LogP contribution in [0, 0.1) is 0 Å². The lowest BCUT2D eigenvalue weighted by atomic mass is 10.1. The summed E-state index contributed by atoms with van der Waals surface area (Å²) in [6.07, 6.45) is -2.15. The highest BCUT2D eigenvalue weighted by Gasteiger charge is 2.18. The van der Waals surface area contributed by atoms with E-state index in [4.69, 9.17) is 0 Å². The third-order valence-corrected chi connectivity index (χ3v) is 2.76. The average molecular weight is 236 g/mol. The number of nitrogens with one attached hydrogen (secondary N) is 1. The van der Waals surface area contributed by atoms with Gasteiger partial charge in [-0.3, -0.25) is 4.98 Å². The molecule has 0 spiro atoms. The molecular weight excluding hydrogens is 222 g/mol. The molecule has 4 heteroatoms. The maximum atomic E-state index is 12.6. The van der Waals surface area contributed by atoms with Crippen LogP contribution in [0.25, 0.3) is 10.9 Å². The third kappa shape index (κ3) is 2.77. The van der Waals surface area contributed by atoms with Crippen molar-refractivity contribution in [1.82, 2.24) is 10.3 Å². The Bertz CT molecular complexity index is 499. The highest BCUT2D eigenvalue weighted by Crippen LogP contribution is 2.14. The van der Waals surface area contributed by atoms with E-state index >= 15 is 0 Å². The zero-order valence-corrected chi connectivity index (χ0v) is 9.53. The fourth-order valence-corrected chi connectivity index (χ4v) is 1.76. The van der Waals surface area contributed by atoms with Crippen molar-refractivity contribution in [3.8, 4) is 0 Å². The number of benzene rings is 1. The number of halogens is 2. The van der Waals surface area contributed by atoms with Gasteiger partial charge in [-0.25, -0.2) is 8.78 Å². The molecule has 1 N–H and O–H groups in total. The van der Waals surface area contributed by atoms with Crippen LogP contribution in [0.5, 0.6) is 0 Å². The molecule has 0 aliphatic rings. The number of hydrogen-bond donors (Lipinski definition) is 1. The van der Waals surface area contributed by atoms with Gasteiger partial charge in [0.05, 0.1) is 11.6 Å². The Morgan fingerprint density at radius 1 is 1.18 bits per heavy atom. The molecule has 2 nitrogen and oxygen atoms in total. The quantitative estimate of drug-likeness (QED) is 0.882. The van der Waals surface area contributed by atoms with Crippen molar-refractivity contribution >= 4 is 10.9 Å². The lowest BCUT2D eigenvalue weighted by Gasteiger charge is -2.14. The van der Waals surface area contributed by atoms with Crippen LogP contribution in [-0.4, -0.2) is 24.5 Å². The Balaban J connectivity index is 2.24. The average Bonchev–Trinajstić information content (AvgIpc) is 2.35. The molecule has 0 fully saturated rings. The summed E-state index contributed by atoms with van der Waals surface area (Å²) in [5.74, 6) is 0. The van der Waals surface area contributed by atoms with E-state index in [0.29, 0.717) is 5.69 Å². The molecule has 0 saturated carbocycles. The first-order valence-corrected chi connectivity index (χ1v) is 5.51. The molecule has 0 bridgehead atoms. The van der Waals surface area contributed by atoms with Gasteiger partial charge in [-0.2, -0.15) is 0 Å².